The zero-order valence-corrected chi connectivity index (χ0v) is 26.1. The van der Waals surface area contributed by atoms with Gasteiger partial charge in [-0.1, -0.05) is 97.3 Å². The van der Waals surface area contributed by atoms with Gasteiger partial charge in [-0.2, -0.15) is 0 Å². The van der Waals surface area contributed by atoms with Gasteiger partial charge in [0, 0.05) is 31.8 Å². The highest BCUT2D eigenvalue weighted by Gasteiger charge is 2.45. The molecule has 0 aromatic heterocycles. The fraction of sp³-hybridized carbons (Fsp3) is 0.967. The van der Waals surface area contributed by atoms with E-state index in [4.69, 9.17) is 18.5 Å². The number of nitrogens with zero attached hydrogens (tertiary/aromatic N) is 1. The molecule has 3 fully saturated rings. The Morgan fingerprint density at radius 1 is 0.872 bits per heavy atom. The molecule has 3 unspecified atom stereocenters. The number of rotatable bonds is 24. The number of hydrogen-bond acceptors (Lipinski definition) is 7. The van der Waals surface area contributed by atoms with Gasteiger partial charge in [0.2, 0.25) is 0 Å². The number of ether oxygens (including phenoxy) is 2. The highest BCUT2D eigenvalue weighted by atomic mass is 31.2. The minimum atomic E-state index is -4.51. The summed E-state index contributed by atoms with van der Waals surface area (Å²) in [6.45, 7) is 7.19. The highest BCUT2D eigenvalue weighted by molar-refractivity contribution is 7.45. The predicted octanol–water partition coefficient (Wildman–Crippen LogP) is 6.55. The summed E-state index contributed by atoms with van der Waals surface area (Å²) in [7, 11) is -2.36. The summed E-state index contributed by atoms with van der Waals surface area (Å²) in [5, 5.41) is 0. The van der Waals surface area contributed by atoms with E-state index in [9.17, 15) is 14.3 Å². The van der Waals surface area contributed by atoms with E-state index < -0.39 is 19.9 Å². The van der Waals surface area contributed by atoms with Crippen LogP contribution in [0.25, 0.3) is 0 Å². The third kappa shape index (κ3) is 15.3. The van der Waals surface area contributed by atoms with E-state index in [2.05, 4.69) is 14.0 Å². The van der Waals surface area contributed by atoms with Gasteiger partial charge >= 0.3 is 5.97 Å². The molecular weight excluding hydrogens is 517 g/mol. The van der Waals surface area contributed by atoms with Crippen LogP contribution in [0.5, 0.6) is 0 Å². The highest BCUT2D eigenvalue weighted by Crippen LogP contribution is 2.45. The Kier molecular flexibility index (Phi) is 17.4. The second kappa shape index (κ2) is 19.6. The molecule has 0 aliphatic carbocycles. The molecule has 9 heteroatoms. The summed E-state index contributed by atoms with van der Waals surface area (Å²) in [5.74, 6) is -0.141. The minimum Gasteiger partial charge on any atom is -0.756 e. The van der Waals surface area contributed by atoms with Crippen molar-refractivity contribution in [2.24, 2.45) is 5.92 Å². The van der Waals surface area contributed by atoms with Crippen molar-refractivity contribution in [1.82, 2.24) is 0 Å². The monoisotopic (exact) mass is 575 g/mol. The number of esters is 1. The summed E-state index contributed by atoms with van der Waals surface area (Å²) in [6, 6.07) is 0. The van der Waals surface area contributed by atoms with Gasteiger partial charge in [0.15, 0.2) is 0 Å². The molecule has 3 rings (SSSR count). The van der Waals surface area contributed by atoms with Crippen LogP contribution >= 0.6 is 7.82 Å². The number of likely N-dealkylation sites (N-methyl/N-ethyl adjacent to an activating group) is 1. The van der Waals surface area contributed by atoms with E-state index in [-0.39, 0.29) is 31.7 Å². The second-order valence-corrected chi connectivity index (χ2v) is 13.5. The van der Waals surface area contributed by atoms with Gasteiger partial charge in [0.1, 0.15) is 18.8 Å². The third-order valence-corrected chi connectivity index (χ3v) is 9.44. The maximum absolute atomic E-state index is 12.6. The van der Waals surface area contributed by atoms with Crippen LogP contribution < -0.4 is 4.89 Å². The third-order valence-electron chi connectivity index (χ3n) is 8.44. The number of carbonyl (C=O) groups is 1. The number of unbranched alkanes of at least 4 members (excludes halogenated alkanes) is 13. The van der Waals surface area contributed by atoms with E-state index in [1.54, 1.807) is 6.92 Å². The molecule has 3 atom stereocenters. The summed E-state index contributed by atoms with van der Waals surface area (Å²) in [4.78, 5) is 24.4. The van der Waals surface area contributed by atoms with Crippen molar-refractivity contribution in [3.8, 4) is 0 Å². The molecule has 3 heterocycles. The summed E-state index contributed by atoms with van der Waals surface area (Å²) < 4.78 is 35.2. The van der Waals surface area contributed by atoms with E-state index in [1.165, 1.54) is 77.0 Å². The van der Waals surface area contributed by atoms with E-state index in [1.807, 2.05) is 0 Å². The Bertz CT molecular complexity index is 699. The fourth-order valence-electron chi connectivity index (χ4n) is 5.84. The zero-order valence-electron chi connectivity index (χ0n) is 25.2. The SMILES string of the molecule is CCCCCCCCCCCCCCCCOCC(COP(=O)([O-])OC1C[N+]2(C)CCC1CC2)OC(=O)CC. The maximum atomic E-state index is 12.6. The van der Waals surface area contributed by atoms with Gasteiger partial charge in [0.05, 0.1) is 33.4 Å². The lowest BCUT2D eigenvalue weighted by molar-refractivity contribution is -0.928. The minimum absolute atomic E-state index is 0.116. The second-order valence-electron chi connectivity index (χ2n) is 12.1. The van der Waals surface area contributed by atoms with Crippen molar-refractivity contribution >= 4 is 13.8 Å². The van der Waals surface area contributed by atoms with Crippen molar-refractivity contribution < 1.29 is 37.3 Å². The molecule has 0 amide bonds. The number of quaternary nitrogens is 1. The largest absolute Gasteiger partial charge is 0.756 e. The summed E-state index contributed by atoms with van der Waals surface area (Å²) in [6.07, 6.45) is 19.2. The maximum Gasteiger partial charge on any atom is 0.305 e. The number of fused-ring (bicyclic) bond motifs is 3. The van der Waals surface area contributed by atoms with Gasteiger partial charge in [-0.3, -0.25) is 9.36 Å². The Balaban J connectivity index is 1.53. The van der Waals surface area contributed by atoms with Crippen LogP contribution in [0.4, 0.5) is 0 Å². The Hall–Kier alpha value is -0.500. The van der Waals surface area contributed by atoms with Gasteiger partial charge in [0.25, 0.3) is 7.82 Å². The van der Waals surface area contributed by atoms with Crippen molar-refractivity contribution in [3.63, 3.8) is 0 Å². The van der Waals surface area contributed by atoms with Crippen LogP contribution in [0.3, 0.4) is 0 Å². The molecule has 0 spiro atoms. The molecule has 0 N–H and O–H groups in total. The number of piperidine rings is 3. The molecule has 3 saturated heterocycles. The summed E-state index contributed by atoms with van der Waals surface area (Å²) >= 11 is 0. The van der Waals surface area contributed by atoms with Crippen molar-refractivity contribution in [2.75, 3.05) is 46.5 Å². The molecular formula is C30H58NO7P. The van der Waals surface area contributed by atoms with E-state index >= 15 is 0 Å². The lowest BCUT2D eigenvalue weighted by Gasteiger charge is -2.50. The van der Waals surface area contributed by atoms with Gasteiger partial charge in [-0.25, -0.2) is 0 Å². The molecule has 3 aliphatic heterocycles. The van der Waals surface area contributed by atoms with Crippen LogP contribution in [-0.2, 0) is 27.9 Å². The predicted molar refractivity (Wildman–Crippen MR) is 153 cm³/mol. The summed E-state index contributed by atoms with van der Waals surface area (Å²) in [5.41, 5.74) is 0. The standard InChI is InChI=1S/C30H58NO7P/c1-4-6-7-8-9-10-11-12-13-14-15-16-17-18-23-35-25-28(37-30(32)5-2)26-36-39(33,34)38-29-24-31(3)21-19-27(29)20-22-31/h27-29H,4-26H2,1-3H3. The normalized spacial score (nSPS) is 24.9. The molecule has 8 nitrogen and oxygen atoms in total. The van der Waals surface area contributed by atoms with Crippen molar-refractivity contribution in [3.05, 3.63) is 0 Å². The molecule has 2 bridgehead atoms. The van der Waals surface area contributed by atoms with E-state index in [0.717, 1.165) is 43.3 Å². The molecule has 230 valence electrons. The number of hydrogen-bond donors (Lipinski definition) is 0. The Labute approximate surface area is 238 Å². The van der Waals surface area contributed by atoms with Gasteiger partial charge in [-0.05, 0) is 6.42 Å². The fourth-order valence-corrected chi connectivity index (χ4v) is 6.82. The van der Waals surface area contributed by atoms with Crippen LogP contribution in [0.15, 0.2) is 0 Å². The van der Waals surface area contributed by atoms with Crippen LogP contribution in [0.1, 0.15) is 123 Å². The quantitative estimate of drug-likeness (QED) is 0.0558. The zero-order chi connectivity index (χ0) is 28.4. The number of carbonyl (C=O) groups excluding carboxylic acids is 1. The first kappa shape index (κ1) is 34.7. The van der Waals surface area contributed by atoms with Crippen LogP contribution in [0.2, 0.25) is 0 Å². The molecule has 0 aromatic rings. The first-order valence-corrected chi connectivity index (χ1v) is 17.5. The lowest BCUT2D eigenvalue weighted by Crippen LogP contribution is -2.61. The topological polar surface area (TPSA) is 94.1 Å². The molecule has 0 saturated carbocycles. The van der Waals surface area contributed by atoms with Crippen molar-refractivity contribution in [2.45, 2.75) is 135 Å². The van der Waals surface area contributed by atoms with Gasteiger partial charge in [-0.15, -0.1) is 0 Å². The molecule has 0 radical (unpaired) electrons. The molecule has 3 aliphatic rings. The van der Waals surface area contributed by atoms with Crippen LogP contribution in [-0.4, -0.2) is 69.2 Å². The number of phosphoric acid groups is 1. The van der Waals surface area contributed by atoms with Crippen molar-refractivity contribution in [1.29, 1.82) is 0 Å². The first-order chi connectivity index (χ1) is 18.8. The first-order valence-electron chi connectivity index (χ1n) is 16.0. The number of phosphoric ester groups is 1. The average molecular weight is 576 g/mol. The smallest absolute Gasteiger partial charge is 0.305 e. The van der Waals surface area contributed by atoms with E-state index in [0.29, 0.717) is 13.2 Å². The van der Waals surface area contributed by atoms with Gasteiger partial charge < -0.3 is 27.9 Å². The van der Waals surface area contributed by atoms with Crippen LogP contribution in [0, 0.1) is 5.92 Å². The average Bonchev–Trinajstić information content (AvgIpc) is 2.91. The Morgan fingerprint density at radius 2 is 1.41 bits per heavy atom. The Morgan fingerprint density at radius 3 is 1.92 bits per heavy atom. The lowest BCUT2D eigenvalue weighted by atomic mass is 9.84. The molecule has 0 aromatic carbocycles. The molecule has 39 heavy (non-hydrogen) atoms.